The molecule has 0 aromatic rings. The lowest BCUT2D eigenvalue weighted by atomic mass is 9.89. The molecule has 0 unspecified atom stereocenters. The van der Waals surface area contributed by atoms with Crippen LogP contribution >= 0.6 is 0 Å². The lowest BCUT2D eigenvalue weighted by Gasteiger charge is -2.43. The largest absolute Gasteiger partial charge is 0.383 e. The zero-order valence-corrected chi connectivity index (χ0v) is 10.7. The van der Waals surface area contributed by atoms with Crippen molar-refractivity contribution < 1.29 is 14.3 Å². The predicted molar refractivity (Wildman–Crippen MR) is 64.9 cm³/mol. The number of carbonyl (C=O) groups excluding carboxylic acids is 1. The van der Waals surface area contributed by atoms with Gasteiger partial charge in [0.05, 0.1) is 12.1 Å². The number of nitrogens with two attached hydrogens (primary N) is 1. The molecule has 0 spiro atoms. The molecule has 0 atom stereocenters. The van der Waals surface area contributed by atoms with Crippen molar-refractivity contribution in [3.63, 3.8) is 0 Å². The Bertz CT molecular complexity index is 242. The molecular weight excluding hydrogens is 222 g/mol. The molecule has 0 saturated carbocycles. The standard InChI is InChI=1S/C11H23N3O3/c1-14(10(15)13-5-8-16-2)11(9-12)3-6-17-7-4-11/h3-9,12H2,1-2H3,(H,13,15). The number of rotatable bonds is 5. The second kappa shape index (κ2) is 6.78. The van der Waals surface area contributed by atoms with Crippen LogP contribution in [-0.4, -0.2) is 63.5 Å². The first-order chi connectivity index (χ1) is 8.16. The molecule has 100 valence electrons. The van der Waals surface area contributed by atoms with Crippen molar-refractivity contribution in [1.29, 1.82) is 0 Å². The highest BCUT2D eigenvalue weighted by atomic mass is 16.5. The van der Waals surface area contributed by atoms with Crippen LogP contribution < -0.4 is 11.1 Å². The Balaban J connectivity index is 2.52. The Hall–Kier alpha value is -0.850. The highest BCUT2D eigenvalue weighted by Crippen LogP contribution is 2.25. The van der Waals surface area contributed by atoms with Crippen molar-refractivity contribution in [2.75, 3.05) is 47.1 Å². The van der Waals surface area contributed by atoms with E-state index in [1.165, 1.54) is 0 Å². The number of nitrogens with zero attached hydrogens (tertiary/aromatic N) is 1. The van der Waals surface area contributed by atoms with Gasteiger partial charge in [-0.3, -0.25) is 0 Å². The van der Waals surface area contributed by atoms with Crippen molar-refractivity contribution in [2.45, 2.75) is 18.4 Å². The summed E-state index contributed by atoms with van der Waals surface area (Å²) in [7, 11) is 3.40. The molecule has 1 rings (SSSR count). The number of carbonyl (C=O) groups is 1. The average molecular weight is 245 g/mol. The first kappa shape index (κ1) is 14.2. The summed E-state index contributed by atoms with van der Waals surface area (Å²) < 4.78 is 10.2. The molecule has 1 heterocycles. The highest BCUT2D eigenvalue weighted by molar-refractivity contribution is 5.74. The summed E-state index contributed by atoms with van der Waals surface area (Å²) in [4.78, 5) is 13.7. The summed E-state index contributed by atoms with van der Waals surface area (Å²) in [5.41, 5.74) is 5.56. The molecule has 0 radical (unpaired) electrons. The van der Waals surface area contributed by atoms with Gasteiger partial charge in [0.2, 0.25) is 0 Å². The SMILES string of the molecule is COCCNC(=O)N(C)C1(CN)CCOCC1. The van der Waals surface area contributed by atoms with Crippen LogP contribution in [0.3, 0.4) is 0 Å². The van der Waals surface area contributed by atoms with E-state index in [9.17, 15) is 4.79 Å². The maximum atomic E-state index is 11.9. The van der Waals surface area contributed by atoms with Crippen LogP contribution in [0.25, 0.3) is 0 Å². The summed E-state index contributed by atoms with van der Waals surface area (Å²) in [5, 5.41) is 2.81. The maximum absolute atomic E-state index is 11.9. The Morgan fingerprint density at radius 3 is 2.71 bits per heavy atom. The number of amides is 2. The van der Waals surface area contributed by atoms with E-state index in [-0.39, 0.29) is 11.6 Å². The van der Waals surface area contributed by atoms with Crippen molar-refractivity contribution in [2.24, 2.45) is 5.73 Å². The van der Waals surface area contributed by atoms with Gasteiger partial charge < -0.3 is 25.4 Å². The molecule has 17 heavy (non-hydrogen) atoms. The zero-order valence-electron chi connectivity index (χ0n) is 10.7. The molecule has 1 aliphatic rings. The van der Waals surface area contributed by atoms with Crippen LogP contribution in [0.2, 0.25) is 0 Å². The smallest absolute Gasteiger partial charge is 0.317 e. The monoisotopic (exact) mass is 245 g/mol. The lowest BCUT2D eigenvalue weighted by molar-refractivity contribution is 0.00255. The fourth-order valence-corrected chi connectivity index (χ4v) is 2.02. The normalized spacial score (nSPS) is 18.8. The quantitative estimate of drug-likeness (QED) is 0.657. The van der Waals surface area contributed by atoms with Gasteiger partial charge in [-0.1, -0.05) is 0 Å². The Labute approximate surface area is 102 Å². The average Bonchev–Trinajstić information content (AvgIpc) is 2.38. The molecule has 2 amide bonds. The number of hydrogen-bond donors (Lipinski definition) is 2. The molecule has 3 N–H and O–H groups in total. The number of hydrogen-bond acceptors (Lipinski definition) is 4. The molecule has 0 aromatic carbocycles. The minimum Gasteiger partial charge on any atom is -0.383 e. The topological polar surface area (TPSA) is 76.8 Å². The van der Waals surface area contributed by atoms with E-state index in [4.69, 9.17) is 15.2 Å². The third kappa shape index (κ3) is 3.55. The fraction of sp³-hybridized carbons (Fsp3) is 0.909. The molecule has 1 saturated heterocycles. The third-order valence-electron chi connectivity index (χ3n) is 3.40. The summed E-state index contributed by atoms with van der Waals surface area (Å²) >= 11 is 0. The van der Waals surface area contributed by atoms with E-state index in [0.29, 0.717) is 32.9 Å². The Kier molecular flexibility index (Phi) is 5.67. The summed E-state index contributed by atoms with van der Waals surface area (Å²) in [5.74, 6) is 0. The van der Waals surface area contributed by atoms with Gasteiger partial charge in [-0.15, -0.1) is 0 Å². The molecular formula is C11H23N3O3. The minimum atomic E-state index is -0.268. The van der Waals surface area contributed by atoms with Crippen molar-refractivity contribution >= 4 is 6.03 Å². The lowest BCUT2D eigenvalue weighted by Crippen LogP contribution is -2.59. The van der Waals surface area contributed by atoms with E-state index in [2.05, 4.69) is 5.32 Å². The second-order valence-corrected chi connectivity index (χ2v) is 4.32. The zero-order chi connectivity index (χ0) is 12.7. The third-order valence-corrected chi connectivity index (χ3v) is 3.40. The first-order valence-electron chi connectivity index (χ1n) is 5.95. The summed E-state index contributed by atoms with van der Waals surface area (Å²) in [6.45, 7) is 2.81. The number of ether oxygens (including phenoxy) is 2. The van der Waals surface area contributed by atoms with Crippen LogP contribution in [0.4, 0.5) is 4.79 Å². The maximum Gasteiger partial charge on any atom is 0.317 e. The number of nitrogens with one attached hydrogen (secondary N) is 1. The Morgan fingerprint density at radius 2 is 2.18 bits per heavy atom. The molecule has 0 aromatic heterocycles. The number of methoxy groups -OCH3 is 1. The fourth-order valence-electron chi connectivity index (χ4n) is 2.02. The highest BCUT2D eigenvalue weighted by Gasteiger charge is 2.37. The van der Waals surface area contributed by atoms with Crippen LogP contribution in [0.5, 0.6) is 0 Å². The van der Waals surface area contributed by atoms with Gasteiger partial charge in [-0.2, -0.15) is 0 Å². The van der Waals surface area contributed by atoms with Gasteiger partial charge in [0.15, 0.2) is 0 Å². The number of urea groups is 1. The molecule has 1 fully saturated rings. The molecule has 6 heteroatoms. The van der Waals surface area contributed by atoms with Gasteiger partial charge >= 0.3 is 6.03 Å². The molecule has 1 aliphatic heterocycles. The van der Waals surface area contributed by atoms with Crippen LogP contribution in [0.15, 0.2) is 0 Å². The molecule has 0 aliphatic carbocycles. The number of likely N-dealkylation sites (N-methyl/N-ethyl adjacent to an activating group) is 1. The van der Waals surface area contributed by atoms with Crippen molar-refractivity contribution in [1.82, 2.24) is 10.2 Å². The van der Waals surface area contributed by atoms with Gasteiger partial charge in [-0.05, 0) is 12.8 Å². The second-order valence-electron chi connectivity index (χ2n) is 4.32. The molecule has 6 nitrogen and oxygen atoms in total. The van der Waals surface area contributed by atoms with Crippen LogP contribution in [-0.2, 0) is 9.47 Å². The Morgan fingerprint density at radius 1 is 1.53 bits per heavy atom. The van der Waals surface area contributed by atoms with E-state index < -0.39 is 0 Å². The molecule has 0 bridgehead atoms. The van der Waals surface area contributed by atoms with E-state index in [1.807, 2.05) is 0 Å². The van der Waals surface area contributed by atoms with Crippen molar-refractivity contribution in [3.05, 3.63) is 0 Å². The van der Waals surface area contributed by atoms with Gasteiger partial charge in [0, 0.05) is 40.5 Å². The van der Waals surface area contributed by atoms with Crippen molar-refractivity contribution in [3.8, 4) is 0 Å². The van der Waals surface area contributed by atoms with E-state index in [0.717, 1.165) is 12.8 Å². The van der Waals surface area contributed by atoms with Crippen LogP contribution in [0, 0.1) is 0 Å². The van der Waals surface area contributed by atoms with Gasteiger partial charge in [-0.25, -0.2) is 4.79 Å². The minimum absolute atomic E-state index is 0.102. The van der Waals surface area contributed by atoms with Crippen LogP contribution in [0.1, 0.15) is 12.8 Å². The van der Waals surface area contributed by atoms with Gasteiger partial charge in [0.25, 0.3) is 0 Å². The van der Waals surface area contributed by atoms with E-state index in [1.54, 1.807) is 19.1 Å². The predicted octanol–water partition coefficient (Wildman–Crippen LogP) is -0.218. The summed E-state index contributed by atoms with van der Waals surface area (Å²) in [6.07, 6.45) is 1.58. The summed E-state index contributed by atoms with van der Waals surface area (Å²) in [6, 6.07) is -0.102. The van der Waals surface area contributed by atoms with E-state index >= 15 is 0 Å². The first-order valence-corrected chi connectivity index (χ1v) is 5.95. The van der Waals surface area contributed by atoms with Gasteiger partial charge in [0.1, 0.15) is 0 Å².